The third-order valence-electron chi connectivity index (χ3n) is 4.34. The molecule has 3 rings (SSSR count). The highest BCUT2D eigenvalue weighted by molar-refractivity contribution is 5.98. The first kappa shape index (κ1) is 23.9. The third-order valence-corrected chi connectivity index (χ3v) is 4.34. The number of furan rings is 1. The second kappa shape index (κ2) is 11.8. The molecule has 2 N–H and O–H groups in total. The molecule has 10 heteroatoms. The number of hydrogen-bond donors (Lipinski definition) is 2. The summed E-state index contributed by atoms with van der Waals surface area (Å²) in [4.78, 5) is 59.4. The summed E-state index contributed by atoms with van der Waals surface area (Å²) in [5.74, 6) is -2.73. The molecular formula is C24H20N2O8. The molecule has 0 aliphatic rings. The lowest BCUT2D eigenvalue weighted by molar-refractivity contribution is -0.142. The molecular weight excluding hydrogens is 444 g/mol. The van der Waals surface area contributed by atoms with Crippen LogP contribution in [0.4, 0.5) is 0 Å². The normalized spacial score (nSPS) is 10.1. The number of esters is 2. The lowest BCUT2D eigenvalue weighted by Crippen LogP contribution is -2.39. The van der Waals surface area contributed by atoms with Crippen molar-refractivity contribution in [3.8, 4) is 5.75 Å². The molecule has 10 nitrogen and oxygen atoms in total. The predicted octanol–water partition coefficient (Wildman–Crippen LogP) is 1.77. The van der Waals surface area contributed by atoms with E-state index >= 15 is 0 Å². The molecule has 0 saturated carbocycles. The Morgan fingerprint density at radius 3 is 2.18 bits per heavy atom. The second-order valence-corrected chi connectivity index (χ2v) is 6.80. The van der Waals surface area contributed by atoms with Crippen LogP contribution in [0.25, 0.3) is 0 Å². The van der Waals surface area contributed by atoms with Gasteiger partial charge in [0.05, 0.1) is 18.4 Å². The average molecular weight is 464 g/mol. The van der Waals surface area contributed by atoms with Gasteiger partial charge in [0.2, 0.25) is 5.91 Å². The third kappa shape index (κ3) is 7.16. The maximum absolute atomic E-state index is 12.2. The van der Waals surface area contributed by atoms with E-state index in [4.69, 9.17) is 13.9 Å². The van der Waals surface area contributed by atoms with Gasteiger partial charge < -0.3 is 24.5 Å². The fourth-order valence-corrected chi connectivity index (χ4v) is 2.62. The van der Waals surface area contributed by atoms with Crippen molar-refractivity contribution in [2.75, 3.05) is 19.7 Å². The summed E-state index contributed by atoms with van der Waals surface area (Å²) >= 11 is 0. The summed E-state index contributed by atoms with van der Waals surface area (Å²) in [5.41, 5.74) is 0.638. The van der Waals surface area contributed by atoms with Crippen molar-refractivity contribution in [1.29, 1.82) is 0 Å². The van der Waals surface area contributed by atoms with Crippen molar-refractivity contribution < 1.29 is 37.9 Å². The Hall–Kier alpha value is -4.73. The predicted molar refractivity (Wildman–Crippen MR) is 117 cm³/mol. The topological polar surface area (TPSA) is 141 Å². The molecule has 0 radical (unpaired) electrons. The lowest BCUT2D eigenvalue weighted by atomic mass is 10.1. The molecule has 0 aliphatic heterocycles. The van der Waals surface area contributed by atoms with E-state index in [0.717, 1.165) is 0 Å². The van der Waals surface area contributed by atoms with E-state index in [9.17, 15) is 24.0 Å². The number of carbonyl (C=O) groups is 5. The second-order valence-electron chi connectivity index (χ2n) is 6.80. The molecule has 0 bridgehead atoms. The Morgan fingerprint density at radius 2 is 1.50 bits per heavy atom. The summed E-state index contributed by atoms with van der Waals surface area (Å²) in [5, 5.41) is 4.59. The van der Waals surface area contributed by atoms with Gasteiger partial charge in [-0.25, -0.2) is 4.79 Å². The minimum absolute atomic E-state index is 0.0492. The molecule has 34 heavy (non-hydrogen) atoms. The van der Waals surface area contributed by atoms with Crippen molar-refractivity contribution in [2.45, 2.75) is 0 Å². The summed E-state index contributed by atoms with van der Waals surface area (Å²) < 4.78 is 15.0. The van der Waals surface area contributed by atoms with Crippen LogP contribution in [-0.2, 0) is 14.3 Å². The zero-order valence-electron chi connectivity index (χ0n) is 17.8. The van der Waals surface area contributed by atoms with Gasteiger partial charge in [0.15, 0.2) is 18.2 Å². The quantitative estimate of drug-likeness (QED) is 0.263. The molecule has 0 spiro atoms. The van der Waals surface area contributed by atoms with Crippen LogP contribution < -0.4 is 15.4 Å². The van der Waals surface area contributed by atoms with Crippen molar-refractivity contribution in [2.24, 2.45) is 0 Å². The number of ether oxygens (including phenoxy) is 2. The molecule has 0 fully saturated rings. The molecule has 3 aromatic rings. The van der Waals surface area contributed by atoms with Gasteiger partial charge in [-0.15, -0.1) is 0 Å². The minimum Gasteiger partial charge on any atom is -0.459 e. The van der Waals surface area contributed by atoms with Crippen LogP contribution in [0.5, 0.6) is 5.75 Å². The number of hydrogen-bond acceptors (Lipinski definition) is 8. The molecule has 2 amide bonds. The maximum Gasteiger partial charge on any atom is 0.343 e. The number of rotatable bonds is 10. The Labute approximate surface area is 193 Å². The Morgan fingerprint density at radius 1 is 0.765 bits per heavy atom. The molecule has 0 unspecified atom stereocenters. The summed E-state index contributed by atoms with van der Waals surface area (Å²) in [7, 11) is 0. The van der Waals surface area contributed by atoms with Crippen molar-refractivity contribution in [3.63, 3.8) is 0 Å². The van der Waals surface area contributed by atoms with Gasteiger partial charge in [-0.05, 0) is 48.5 Å². The highest BCUT2D eigenvalue weighted by Gasteiger charge is 2.14. The molecule has 174 valence electrons. The van der Waals surface area contributed by atoms with E-state index in [1.807, 2.05) is 0 Å². The number of carbonyl (C=O) groups excluding carboxylic acids is 5. The van der Waals surface area contributed by atoms with E-state index in [1.54, 1.807) is 30.3 Å². The Kier molecular flexibility index (Phi) is 8.28. The van der Waals surface area contributed by atoms with E-state index in [0.29, 0.717) is 5.56 Å². The number of Topliss-reactive ketones (excluding diaryl/α,β-unsaturated/α-hetero) is 1. The largest absolute Gasteiger partial charge is 0.459 e. The van der Waals surface area contributed by atoms with Gasteiger partial charge in [-0.3, -0.25) is 19.2 Å². The van der Waals surface area contributed by atoms with Gasteiger partial charge in [0, 0.05) is 5.56 Å². The summed E-state index contributed by atoms with van der Waals surface area (Å²) in [6.45, 7) is -1.38. The van der Waals surface area contributed by atoms with Crippen molar-refractivity contribution >= 4 is 29.5 Å². The van der Waals surface area contributed by atoms with Gasteiger partial charge in [0.1, 0.15) is 12.3 Å². The first-order valence-corrected chi connectivity index (χ1v) is 10.1. The fraction of sp³-hybridized carbons (Fsp3) is 0.125. The van der Waals surface area contributed by atoms with Crippen LogP contribution >= 0.6 is 0 Å². The van der Waals surface area contributed by atoms with Gasteiger partial charge in [-0.1, -0.05) is 18.2 Å². The standard InChI is InChI=1S/C24H20N2O8/c27-19(16-8-10-18(11-9-16)34-24(31)17-5-2-1-3-6-17)15-33-22(29)14-25-21(28)13-26-23(30)20-7-4-12-32-20/h1-12H,13-15H2,(H,25,28)(H,26,30). The zero-order chi connectivity index (χ0) is 24.3. The molecule has 0 atom stereocenters. The van der Waals surface area contributed by atoms with Crippen LogP contribution in [0.1, 0.15) is 31.3 Å². The lowest BCUT2D eigenvalue weighted by Gasteiger charge is -2.08. The van der Waals surface area contributed by atoms with Gasteiger partial charge in [0.25, 0.3) is 5.91 Å². The smallest absolute Gasteiger partial charge is 0.343 e. The first-order valence-electron chi connectivity index (χ1n) is 10.1. The Balaban J connectivity index is 1.36. The summed E-state index contributed by atoms with van der Waals surface area (Å²) in [6, 6.07) is 17.2. The minimum atomic E-state index is -0.826. The molecule has 2 aromatic carbocycles. The zero-order valence-corrected chi connectivity index (χ0v) is 17.8. The molecule has 1 heterocycles. The van der Waals surface area contributed by atoms with E-state index in [1.165, 1.54) is 42.7 Å². The molecule has 1 aromatic heterocycles. The number of amides is 2. The maximum atomic E-state index is 12.2. The van der Waals surface area contributed by atoms with Crippen LogP contribution in [0, 0.1) is 0 Å². The Bertz CT molecular complexity index is 1160. The van der Waals surface area contributed by atoms with Crippen LogP contribution in [-0.4, -0.2) is 49.2 Å². The summed E-state index contributed by atoms with van der Waals surface area (Å²) in [6.07, 6.45) is 1.32. The molecule has 0 saturated heterocycles. The number of benzene rings is 2. The highest BCUT2D eigenvalue weighted by atomic mass is 16.5. The van der Waals surface area contributed by atoms with E-state index in [-0.39, 0.29) is 23.6 Å². The fourth-order valence-electron chi connectivity index (χ4n) is 2.62. The SMILES string of the molecule is O=C(CNC(=O)c1ccco1)NCC(=O)OCC(=O)c1ccc(OC(=O)c2ccccc2)cc1. The highest BCUT2D eigenvalue weighted by Crippen LogP contribution is 2.15. The van der Waals surface area contributed by atoms with Crippen molar-refractivity contribution in [1.82, 2.24) is 10.6 Å². The van der Waals surface area contributed by atoms with Crippen molar-refractivity contribution in [3.05, 3.63) is 89.9 Å². The number of nitrogens with one attached hydrogen (secondary N) is 2. The van der Waals surface area contributed by atoms with Gasteiger partial charge >= 0.3 is 11.9 Å². The van der Waals surface area contributed by atoms with Gasteiger partial charge in [-0.2, -0.15) is 0 Å². The number of ketones is 1. The van der Waals surface area contributed by atoms with E-state index in [2.05, 4.69) is 10.6 Å². The van der Waals surface area contributed by atoms with Crippen LogP contribution in [0.15, 0.2) is 77.4 Å². The average Bonchev–Trinajstić information content (AvgIpc) is 3.41. The monoisotopic (exact) mass is 464 g/mol. The van der Waals surface area contributed by atoms with Crippen LogP contribution in [0.3, 0.4) is 0 Å². The molecule has 0 aliphatic carbocycles. The van der Waals surface area contributed by atoms with E-state index < -0.39 is 42.7 Å². The van der Waals surface area contributed by atoms with Crippen LogP contribution in [0.2, 0.25) is 0 Å². The first-order chi connectivity index (χ1) is 16.4.